The largest absolute Gasteiger partial charge is 0.426 e. The number of aromatic nitrogens is 2. The Morgan fingerprint density at radius 1 is 0.974 bits per heavy atom. The molecule has 6 rings (SSSR count). The summed E-state index contributed by atoms with van der Waals surface area (Å²) in [5.41, 5.74) is 7.50. The highest BCUT2D eigenvalue weighted by Crippen LogP contribution is 2.51. The molecule has 196 valence electrons. The predicted molar refractivity (Wildman–Crippen MR) is 143 cm³/mol. The van der Waals surface area contributed by atoms with Crippen LogP contribution in [0.1, 0.15) is 38.5 Å². The number of nitrogens with two attached hydrogens (primary N) is 1. The van der Waals surface area contributed by atoms with Crippen LogP contribution in [0.25, 0.3) is 0 Å². The first-order valence-electron chi connectivity index (χ1n) is 12.5. The van der Waals surface area contributed by atoms with Crippen molar-refractivity contribution in [2.24, 2.45) is 11.1 Å². The summed E-state index contributed by atoms with van der Waals surface area (Å²) in [4.78, 5) is 32.7. The lowest BCUT2D eigenvalue weighted by molar-refractivity contribution is -0.152. The fourth-order valence-electron chi connectivity index (χ4n) is 4.99. The van der Waals surface area contributed by atoms with Gasteiger partial charge in [0.15, 0.2) is 11.6 Å². The molecule has 1 heterocycles. The Bertz CT molecular complexity index is 1350. The molecule has 2 bridgehead atoms. The number of hydrogen-bond acceptors (Lipinski definition) is 8. The summed E-state index contributed by atoms with van der Waals surface area (Å²) < 4.78 is 20.1. The van der Waals surface area contributed by atoms with Crippen LogP contribution in [0.15, 0.2) is 67.4 Å². The Hall–Kier alpha value is -4.31. The van der Waals surface area contributed by atoms with Crippen molar-refractivity contribution >= 4 is 40.7 Å². The van der Waals surface area contributed by atoms with E-state index in [0.717, 1.165) is 50.8 Å². The summed E-state index contributed by atoms with van der Waals surface area (Å²) in [7, 11) is 0. The van der Waals surface area contributed by atoms with E-state index in [9.17, 15) is 14.0 Å². The standard InChI is InChI=1S/C28H29FN6O3/c1-2-23(36)32-19-4-3-5-20(16-19)33-24-22(29)17-31-26(35-24)34-18-6-8-21(9-7-18)38-25(37)27-10-13-28(30,14-11-27)15-12-27/h2-9,16-17H,1,10-15,30H2,(H,32,36)(H2,31,33,34,35). The minimum Gasteiger partial charge on any atom is -0.426 e. The van der Waals surface area contributed by atoms with E-state index < -0.39 is 11.2 Å². The van der Waals surface area contributed by atoms with Gasteiger partial charge in [0, 0.05) is 22.6 Å². The van der Waals surface area contributed by atoms with Gasteiger partial charge >= 0.3 is 5.97 Å². The first-order chi connectivity index (χ1) is 18.3. The van der Waals surface area contributed by atoms with E-state index in [4.69, 9.17) is 10.5 Å². The number of fused-ring (bicyclic) bond motifs is 3. The predicted octanol–water partition coefficient (Wildman–Crippen LogP) is 5.18. The summed E-state index contributed by atoms with van der Waals surface area (Å²) in [5.74, 6) is -0.603. The van der Waals surface area contributed by atoms with Gasteiger partial charge in [0.25, 0.3) is 0 Å². The number of amides is 1. The molecule has 3 aliphatic carbocycles. The number of anilines is 5. The number of nitrogens with zero attached hydrogens (tertiary/aromatic N) is 2. The third-order valence-electron chi connectivity index (χ3n) is 7.38. The Balaban J connectivity index is 1.22. The first kappa shape index (κ1) is 25.3. The van der Waals surface area contributed by atoms with E-state index in [-0.39, 0.29) is 29.2 Å². The van der Waals surface area contributed by atoms with Crippen molar-refractivity contribution in [1.29, 1.82) is 0 Å². The number of carbonyl (C=O) groups is 2. The van der Waals surface area contributed by atoms with Crippen LogP contribution in [0, 0.1) is 11.2 Å². The van der Waals surface area contributed by atoms with E-state index in [1.807, 2.05) is 0 Å². The van der Waals surface area contributed by atoms with Crippen molar-refractivity contribution in [2.45, 2.75) is 44.1 Å². The maximum Gasteiger partial charge on any atom is 0.317 e. The van der Waals surface area contributed by atoms with Gasteiger partial charge in [-0.05, 0) is 87.1 Å². The van der Waals surface area contributed by atoms with Crippen LogP contribution in [0.3, 0.4) is 0 Å². The van der Waals surface area contributed by atoms with Gasteiger partial charge in [0.2, 0.25) is 11.9 Å². The lowest BCUT2D eigenvalue weighted by atomic mass is 9.57. The number of benzene rings is 2. The molecule has 9 nitrogen and oxygen atoms in total. The Morgan fingerprint density at radius 3 is 2.34 bits per heavy atom. The molecule has 38 heavy (non-hydrogen) atoms. The highest BCUT2D eigenvalue weighted by molar-refractivity contribution is 5.99. The molecule has 0 radical (unpaired) electrons. The summed E-state index contributed by atoms with van der Waals surface area (Å²) in [6, 6.07) is 13.6. The average Bonchev–Trinajstić information content (AvgIpc) is 2.92. The molecule has 2 aromatic carbocycles. The zero-order valence-corrected chi connectivity index (χ0v) is 20.8. The lowest BCUT2D eigenvalue weighted by Crippen LogP contribution is -2.55. The Kier molecular flexibility index (Phi) is 6.81. The number of rotatable bonds is 8. The number of hydrogen-bond donors (Lipinski definition) is 4. The van der Waals surface area contributed by atoms with Gasteiger partial charge in [0.1, 0.15) is 5.75 Å². The van der Waals surface area contributed by atoms with Crippen LogP contribution in [-0.4, -0.2) is 27.4 Å². The number of nitrogens with one attached hydrogen (secondary N) is 3. The minimum absolute atomic E-state index is 0.0408. The minimum atomic E-state index is -0.644. The average molecular weight is 517 g/mol. The normalized spacial score (nSPS) is 21.8. The maximum atomic E-state index is 14.4. The summed E-state index contributed by atoms with van der Waals surface area (Å²) >= 11 is 0. The molecule has 3 fully saturated rings. The van der Waals surface area contributed by atoms with Gasteiger partial charge in [-0.1, -0.05) is 12.6 Å². The molecule has 1 amide bonds. The fourth-order valence-corrected chi connectivity index (χ4v) is 4.99. The highest BCUT2D eigenvalue weighted by atomic mass is 19.1. The van der Waals surface area contributed by atoms with Gasteiger partial charge in [-0.2, -0.15) is 4.98 Å². The fraction of sp³-hybridized carbons (Fsp3) is 0.286. The quantitative estimate of drug-likeness (QED) is 0.183. The van der Waals surface area contributed by atoms with Crippen molar-refractivity contribution in [3.05, 3.63) is 73.2 Å². The molecule has 3 aliphatic rings. The molecule has 1 aromatic heterocycles. The highest BCUT2D eigenvalue weighted by Gasteiger charge is 2.51. The molecule has 0 aliphatic heterocycles. The van der Waals surface area contributed by atoms with Crippen LogP contribution < -0.4 is 26.4 Å². The zero-order chi connectivity index (χ0) is 26.8. The maximum absolute atomic E-state index is 14.4. The van der Waals surface area contributed by atoms with Crippen molar-refractivity contribution in [3.8, 4) is 5.75 Å². The molecule has 5 N–H and O–H groups in total. The van der Waals surface area contributed by atoms with Gasteiger partial charge < -0.3 is 26.4 Å². The van der Waals surface area contributed by atoms with Crippen LogP contribution in [-0.2, 0) is 9.59 Å². The summed E-state index contributed by atoms with van der Waals surface area (Å²) in [6.45, 7) is 3.42. The number of ether oxygens (including phenoxy) is 1. The van der Waals surface area contributed by atoms with Crippen LogP contribution in [0.5, 0.6) is 5.75 Å². The van der Waals surface area contributed by atoms with Crippen LogP contribution in [0.4, 0.5) is 33.2 Å². The Morgan fingerprint density at radius 2 is 1.66 bits per heavy atom. The second-order valence-electron chi connectivity index (χ2n) is 9.97. The SMILES string of the molecule is C=CC(=O)Nc1cccc(Nc2nc(Nc3ccc(OC(=O)C45CCC(N)(CC4)CC5)cc3)ncc2F)c1. The molecule has 3 aromatic rings. The van der Waals surface area contributed by atoms with Crippen molar-refractivity contribution in [2.75, 3.05) is 16.0 Å². The van der Waals surface area contributed by atoms with Crippen molar-refractivity contribution in [1.82, 2.24) is 9.97 Å². The topological polar surface area (TPSA) is 131 Å². The Labute approximate surface area is 219 Å². The monoisotopic (exact) mass is 516 g/mol. The molecule has 0 unspecified atom stereocenters. The van der Waals surface area contributed by atoms with Crippen molar-refractivity contribution in [3.63, 3.8) is 0 Å². The second-order valence-corrected chi connectivity index (χ2v) is 9.97. The third-order valence-corrected chi connectivity index (χ3v) is 7.38. The van der Waals surface area contributed by atoms with E-state index in [1.54, 1.807) is 48.5 Å². The molecule has 0 saturated heterocycles. The molecular formula is C28H29FN6O3. The first-order valence-corrected chi connectivity index (χ1v) is 12.5. The smallest absolute Gasteiger partial charge is 0.317 e. The zero-order valence-electron chi connectivity index (χ0n) is 20.8. The number of esters is 1. The lowest BCUT2D eigenvalue weighted by Gasteiger charge is -2.49. The van der Waals surface area contributed by atoms with E-state index in [0.29, 0.717) is 22.8 Å². The van der Waals surface area contributed by atoms with Gasteiger partial charge in [-0.3, -0.25) is 9.59 Å². The van der Waals surface area contributed by atoms with Crippen molar-refractivity contribution < 1.29 is 18.7 Å². The van der Waals surface area contributed by atoms with Gasteiger partial charge in [-0.25, -0.2) is 9.37 Å². The van der Waals surface area contributed by atoms with Gasteiger partial charge in [0.05, 0.1) is 11.6 Å². The second kappa shape index (κ2) is 10.2. The molecule has 10 heteroatoms. The van der Waals surface area contributed by atoms with E-state index >= 15 is 0 Å². The molecular weight excluding hydrogens is 487 g/mol. The summed E-state index contributed by atoms with van der Waals surface area (Å²) in [6.07, 6.45) is 7.11. The van der Waals surface area contributed by atoms with E-state index in [1.165, 1.54) is 0 Å². The van der Waals surface area contributed by atoms with Crippen LogP contribution >= 0.6 is 0 Å². The number of halogens is 1. The third kappa shape index (κ3) is 5.50. The molecule has 3 saturated carbocycles. The molecule has 0 atom stereocenters. The van der Waals surface area contributed by atoms with Crippen LogP contribution in [0.2, 0.25) is 0 Å². The van der Waals surface area contributed by atoms with E-state index in [2.05, 4.69) is 32.5 Å². The number of carbonyl (C=O) groups excluding carboxylic acids is 2. The molecule has 0 spiro atoms. The van der Waals surface area contributed by atoms with Gasteiger partial charge in [-0.15, -0.1) is 0 Å². The summed E-state index contributed by atoms with van der Waals surface area (Å²) in [5, 5.41) is 8.57.